The van der Waals surface area contributed by atoms with Crippen LogP contribution in [0.3, 0.4) is 0 Å². The molecule has 0 spiro atoms. The first-order valence-corrected chi connectivity index (χ1v) is 10.2. The maximum Gasteiger partial charge on any atom is 0.365 e. The number of ether oxygens (including phenoxy) is 1. The van der Waals surface area contributed by atoms with Crippen molar-refractivity contribution in [2.75, 3.05) is 0 Å². The van der Waals surface area contributed by atoms with Crippen LogP contribution in [0.25, 0.3) is 5.69 Å². The first-order valence-electron chi connectivity index (χ1n) is 10.2. The van der Waals surface area contributed by atoms with Gasteiger partial charge in [0.25, 0.3) is 0 Å². The summed E-state index contributed by atoms with van der Waals surface area (Å²) in [5.41, 5.74) is 1.05. The average molecular weight is 459 g/mol. The van der Waals surface area contributed by atoms with Crippen molar-refractivity contribution in [2.45, 2.75) is 20.4 Å². The van der Waals surface area contributed by atoms with E-state index in [9.17, 15) is 19.2 Å². The predicted molar refractivity (Wildman–Crippen MR) is 124 cm³/mol. The number of aryl methyl sites for hydroxylation is 1. The van der Waals surface area contributed by atoms with Crippen LogP contribution < -0.4 is 5.43 Å². The van der Waals surface area contributed by atoms with E-state index in [1.807, 2.05) is 48.5 Å². The molecule has 0 atom stereocenters. The highest BCUT2D eigenvalue weighted by Gasteiger charge is 2.25. The summed E-state index contributed by atoms with van der Waals surface area (Å²) in [5.74, 6) is -2.08. The zero-order valence-corrected chi connectivity index (χ0v) is 18.5. The zero-order chi connectivity index (χ0) is 24.7. The molecule has 0 saturated heterocycles. The number of carboxylic acid groups (broad SMARTS) is 1. The minimum absolute atomic E-state index is 0.139. The summed E-state index contributed by atoms with van der Waals surface area (Å²) in [6.07, 6.45) is 1.27. The number of nitrogens with zero attached hydrogens (tertiary/aromatic N) is 3. The van der Waals surface area contributed by atoms with Crippen molar-refractivity contribution in [3.8, 4) is 5.69 Å². The van der Waals surface area contributed by atoms with Gasteiger partial charge in [-0.05, 0) is 31.5 Å². The third-order valence-electron chi connectivity index (χ3n) is 4.59. The number of cyclic esters (lactones) is 1. The number of carbonyl (C=O) groups is 3. The number of carbonyl (C=O) groups excluding carboxylic acids is 2. The molecule has 3 aromatic rings. The highest BCUT2D eigenvalue weighted by atomic mass is 16.5. The molecule has 1 aliphatic heterocycles. The third kappa shape index (κ3) is 5.98. The van der Waals surface area contributed by atoms with Crippen LogP contribution in [0.1, 0.15) is 28.7 Å². The second-order valence-electron chi connectivity index (χ2n) is 7.21. The molecule has 0 unspecified atom stereocenters. The maximum atomic E-state index is 11.5. The molecule has 0 aliphatic carbocycles. The van der Waals surface area contributed by atoms with E-state index in [2.05, 4.69) is 10.1 Å². The van der Waals surface area contributed by atoms with Gasteiger partial charge in [-0.25, -0.2) is 14.3 Å². The molecule has 0 fully saturated rings. The number of ketones is 1. The molecular weight excluding hydrogens is 438 g/mol. The van der Waals surface area contributed by atoms with Crippen molar-refractivity contribution >= 4 is 23.4 Å². The van der Waals surface area contributed by atoms with Crippen LogP contribution in [0.5, 0.6) is 0 Å². The number of hydrogen-bond acceptors (Lipinski definition) is 7. The molecule has 34 heavy (non-hydrogen) atoms. The average Bonchev–Trinajstić information content (AvgIpc) is 2.80. The third-order valence-corrected chi connectivity index (χ3v) is 4.59. The molecule has 4 rings (SSSR count). The maximum absolute atomic E-state index is 11.5. The Balaban J connectivity index is 0.000000191. The van der Waals surface area contributed by atoms with E-state index in [1.165, 1.54) is 16.8 Å². The summed E-state index contributed by atoms with van der Waals surface area (Å²) in [4.78, 5) is 49.2. The quantitative estimate of drug-likeness (QED) is 0.594. The minimum Gasteiger partial charge on any atom is -0.476 e. The van der Waals surface area contributed by atoms with Gasteiger partial charge < -0.3 is 9.84 Å². The molecule has 1 N–H and O–H groups in total. The lowest BCUT2D eigenvalue weighted by Gasteiger charge is -2.10. The van der Waals surface area contributed by atoms with Crippen LogP contribution in [-0.4, -0.2) is 38.3 Å². The Morgan fingerprint density at radius 1 is 1.00 bits per heavy atom. The number of aromatic carboxylic acids is 1. The fourth-order valence-electron chi connectivity index (χ4n) is 3.00. The molecule has 9 heteroatoms. The summed E-state index contributed by atoms with van der Waals surface area (Å²) in [5, 5.41) is 12.7. The molecule has 0 saturated carbocycles. The number of esters is 1. The Bertz CT molecular complexity index is 1340. The van der Waals surface area contributed by atoms with E-state index < -0.39 is 28.8 Å². The number of para-hydroxylation sites is 1. The van der Waals surface area contributed by atoms with Crippen molar-refractivity contribution in [3.05, 3.63) is 106 Å². The molecule has 0 radical (unpaired) electrons. The number of hydrogen-bond donors (Lipinski definition) is 1. The topological polar surface area (TPSA) is 128 Å². The monoisotopic (exact) mass is 459 g/mol. The predicted octanol–water partition coefficient (Wildman–Crippen LogP) is 2.90. The van der Waals surface area contributed by atoms with Crippen LogP contribution in [0.4, 0.5) is 0 Å². The smallest absolute Gasteiger partial charge is 0.365 e. The molecule has 172 valence electrons. The Hall–Kier alpha value is -4.66. The lowest BCUT2D eigenvalue weighted by molar-refractivity contribution is -0.133. The van der Waals surface area contributed by atoms with Crippen molar-refractivity contribution < 1.29 is 24.2 Å². The van der Waals surface area contributed by atoms with Gasteiger partial charge in [0.05, 0.1) is 12.2 Å². The van der Waals surface area contributed by atoms with E-state index in [4.69, 9.17) is 9.84 Å². The van der Waals surface area contributed by atoms with E-state index in [0.29, 0.717) is 23.7 Å². The molecule has 2 heterocycles. The normalized spacial score (nSPS) is 14.1. The second kappa shape index (κ2) is 10.8. The molecule has 0 bridgehead atoms. The van der Waals surface area contributed by atoms with E-state index in [0.717, 1.165) is 5.56 Å². The summed E-state index contributed by atoms with van der Waals surface area (Å²) in [7, 11) is 0. The lowest BCUT2D eigenvalue weighted by atomic mass is 10.1. The van der Waals surface area contributed by atoms with Gasteiger partial charge in [0, 0.05) is 17.8 Å². The molecule has 1 aromatic heterocycles. The first-order chi connectivity index (χ1) is 16.3. The SMILES string of the molecule is CC1=CC(=O)C(=NCc2ccccc2)C(=O)O1.Cc1cc(=O)c(C(=O)O)nn1-c1ccccc1. The van der Waals surface area contributed by atoms with E-state index >= 15 is 0 Å². The molecular formula is C25H21N3O6. The van der Waals surface area contributed by atoms with Crippen LogP contribution in [-0.2, 0) is 20.9 Å². The van der Waals surface area contributed by atoms with E-state index in [1.54, 1.807) is 26.0 Å². The zero-order valence-electron chi connectivity index (χ0n) is 18.5. The van der Waals surface area contributed by atoms with Gasteiger partial charge in [-0.2, -0.15) is 5.10 Å². The van der Waals surface area contributed by atoms with Crippen LogP contribution in [0.2, 0.25) is 0 Å². The second-order valence-corrected chi connectivity index (χ2v) is 7.21. The van der Waals surface area contributed by atoms with Crippen molar-refractivity contribution in [2.24, 2.45) is 4.99 Å². The van der Waals surface area contributed by atoms with Crippen LogP contribution >= 0.6 is 0 Å². The summed E-state index contributed by atoms with van der Waals surface area (Å²) < 4.78 is 6.26. The molecule has 0 amide bonds. The van der Waals surface area contributed by atoms with Crippen LogP contribution in [0.15, 0.2) is 88.4 Å². The van der Waals surface area contributed by atoms with Gasteiger partial charge >= 0.3 is 11.9 Å². The minimum atomic E-state index is -1.32. The number of aromatic nitrogens is 2. The van der Waals surface area contributed by atoms with Crippen LogP contribution in [0, 0.1) is 6.92 Å². The Labute approximate surface area is 194 Å². The Morgan fingerprint density at radius 2 is 1.62 bits per heavy atom. The van der Waals surface area contributed by atoms with Gasteiger partial charge in [-0.1, -0.05) is 48.5 Å². The molecule has 1 aliphatic rings. The van der Waals surface area contributed by atoms with E-state index in [-0.39, 0.29) is 5.71 Å². The van der Waals surface area contributed by atoms with Gasteiger partial charge in [0.1, 0.15) is 5.76 Å². The number of benzene rings is 2. The lowest BCUT2D eigenvalue weighted by Crippen LogP contribution is -2.29. The largest absolute Gasteiger partial charge is 0.476 e. The highest BCUT2D eigenvalue weighted by Crippen LogP contribution is 2.09. The number of carboxylic acids is 1. The first kappa shape index (κ1) is 24.0. The summed E-state index contributed by atoms with van der Waals surface area (Å²) >= 11 is 0. The number of allylic oxidation sites excluding steroid dienone is 2. The fraction of sp³-hybridized carbons (Fsp3) is 0.120. The fourth-order valence-corrected chi connectivity index (χ4v) is 3.00. The molecule has 2 aromatic carbocycles. The summed E-state index contributed by atoms with van der Waals surface area (Å²) in [6.45, 7) is 3.56. The number of rotatable bonds is 4. The van der Waals surface area contributed by atoms with Gasteiger partial charge in [-0.3, -0.25) is 14.6 Å². The van der Waals surface area contributed by atoms with Gasteiger partial charge in [-0.15, -0.1) is 0 Å². The highest BCUT2D eigenvalue weighted by molar-refractivity contribution is 6.67. The van der Waals surface area contributed by atoms with Crippen molar-refractivity contribution in [1.82, 2.24) is 9.78 Å². The van der Waals surface area contributed by atoms with Crippen molar-refractivity contribution in [1.29, 1.82) is 0 Å². The Kier molecular flexibility index (Phi) is 7.60. The van der Waals surface area contributed by atoms with Gasteiger partial charge in [0.15, 0.2) is 5.71 Å². The Morgan fingerprint density at radius 3 is 2.21 bits per heavy atom. The van der Waals surface area contributed by atoms with Crippen molar-refractivity contribution in [3.63, 3.8) is 0 Å². The number of aliphatic imine (C=N–C) groups is 1. The standard InChI is InChI=1S/C13H11NO3.C12H10N2O3/c1-9-7-11(15)12(13(16)17-9)14-8-10-5-3-2-4-6-10;1-8-7-10(15)11(12(16)17)13-14(8)9-5-3-2-4-6-9/h2-7H,8H2,1H3;2-7H,1H3,(H,16,17). The summed E-state index contributed by atoms with van der Waals surface area (Å²) in [6, 6.07) is 19.7. The molecule has 9 nitrogen and oxygen atoms in total. The van der Waals surface area contributed by atoms with Gasteiger partial charge in [0.2, 0.25) is 16.9 Å².